The number of halogens is 2. The van der Waals surface area contributed by atoms with Gasteiger partial charge in [0.25, 0.3) is 0 Å². The van der Waals surface area contributed by atoms with Crippen LogP contribution in [0.3, 0.4) is 0 Å². The summed E-state index contributed by atoms with van der Waals surface area (Å²) in [5, 5.41) is 9.38. The Morgan fingerprint density at radius 1 is 1.32 bits per heavy atom. The Kier molecular flexibility index (Phi) is 4.75. The molecule has 0 spiro atoms. The van der Waals surface area contributed by atoms with E-state index < -0.39 is 23.3 Å². The van der Waals surface area contributed by atoms with Gasteiger partial charge in [-0.25, -0.2) is 9.18 Å². The van der Waals surface area contributed by atoms with E-state index >= 15 is 4.39 Å². The summed E-state index contributed by atoms with van der Waals surface area (Å²) in [6.45, 7) is 0.641. The molecule has 1 aliphatic carbocycles. The van der Waals surface area contributed by atoms with Crippen LogP contribution in [0.25, 0.3) is 10.9 Å². The van der Waals surface area contributed by atoms with E-state index in [-0.39, 0.29) is 35.0 Å². The maximum absolute atomic E-state index is 15.1. The van der Waals surface area contributed by atoms with Crippen LogP contribution in [-0.2, 0) is 4.79 Å². The molecule has 2 aromatic rings. The molecule has 1 atom stereocenters. The molecule has 1 saturated heterocycles. The molecule has 2 aliphatic rings. The second-order valence-corrected chi connectivity index (χ2v) is 8.15. The number of nitrogens with two attached hydrogens (primary N) is 1. The third-order valence-corrected chi connectivity index (χ3v) is 6.10. The third-order valence-electron chi connectivity index (χ3n) is 5.35. The lowest BCUT2D eigenvalue weighted by Gasteiger charge is -2.27. The Balaban J connectivity index is 1.96. The van der Waals surface area contributed by atoms with Crippen molar-refractivity contribution in [1.29, 1.82) is 0 Å². The SMILES string of the molecule is NC1CN(c2c(F)cc3c(=O)c(C(=O)O)cn(C4CC4)c3c2Br)CCCC1=O. The van der Waals surface area contributed by atoms with Gasteiger partial charge in [0.15, 0.2) is 5.78 Å². The van der Waals surface area contributed by atoms with Crippen molar-refractivity contribution in [2.45, 2.75) is 37.8 Å². The minimum absolute atomic E-state index is 0.0233. The van der Waals surface area contributed by atoms with Gasteiger partial charge in [-0.05, 0) is 41.3 Å². The number of ketones is 1. The molecule has 3 N–H and O–H groups in total. The van der Waals surface area contributed by atoms with Crippen molar-refractivity contribution < 1.29 is 19.1 Å². The molecule has 1 aromatic carbocycles. The zero-order valence-corrected chi connectivity index (χ0v) is 16.5. The number of aromatic nitrogens is 1. The van der Waals surface area contributed by atoms with E-state index in [1.165, 1.54) is 6.20 Å². The molecule has 28 heavy (non-hydrogen) atoms. The van der Waals surface area contributed by atoms with Gasteiger partial charge in [0.1, 0.15) is 11.4 Å². The van der Waals surface area contributed by atoms with E-state index in [0.717, 1.165) is 18.9 Å². The van der Waals surface area contributed by atoms with Gasteiger partial charge in [0.2, 0.25) is 5.43 Å². The number of nitrogens with zero attached hydrogens (tertiary/aromatic N) is 2. The molecule has 0 amide bonds. The van der Waals surface area contributed by atoms with Crippen molar-refractivity contribution in [3.05, 3.63) is 38.3 Å². The Hall–Kier alpha value is -2.26. The third kappa shape index (κ3) is 3.12. The van der Waals surface area contributed by atoms with Gasteiger partial charge in [-0.15, -0.1) is 0 Å². The van der Waals surface area contributed by atoms with E-state index in [0.29, 0.717) is 29.4 Å². The maximum Gasteiger partial charge on any atom is 0.341 e. The highest BCUT2D eigenvalue weighted by atomic mass is 79.9. The van der Waals surface area contributed by atoms with Gasteiger partial charge in [0.05, 0.1) is 27.1 Å². The highest BCUT2D eigenvalue weighted by molar-refractivity contribution is 9.10. The normalized spacial score (nSPS) is 20.5. The molecule has 9 heteroatoms. The van der Waals surface area contributed by atoms with Crippen LogP contribution in [0.1, 0.15) is 42.1 Å². The number of benzene rings is 1. The number of pyridine rings is 1. The van der Waals surface area contributed by atoms with Crippen LogP contribution in [-0.4, -0.2) is 40.6 Å². The molecular formula is C19H19BrFN3O4. The predicted octanol–water partition coefficient (Wildman–Crippen LogP) is 2.43. The van der Waals surface area contributed by atoms with Crippen LogP contribution < -0.4 is 16.1 Å². The summed E-state index contributed by atoms with van der Waals surface area (Å²) >= 11 is 3.46. The number of carboxylic acids is 1. The fourth-order valence-corrected chi connectivity index (χ4v) is 4.64. The van der Waals surface area contributed by atoms with Crippen LogP contribution >= 0.6 is 15.9 Å². The zero-order chi connectivity index (χ0) is 20.2. The van der Waals surface area contributed by atoms with Gasteiger partial charge < -0.3 is 20.3 Å². The first-order valence-corrected chi connectivity index (χ1v) is 9.92. The topological polar surface area (TPSA) is 106 Å². The summed E-state index contributed by atoms with van der Waals surface area (Å²) in [5.74, 6) is -2.04. The number of hydrogen-bond donors (Lipinski definition) is 2. The van der Waals surface area contributed by atoms with Crippen LogP contribution in [0.2, 0.25) is 0 Å². The number of carboxylic acid groups (broad SMARTS) is 1. The molecule has 1 unspecified atom stereocenters. The first kappa shape index (κ1) is 19.1. The van der Waals surface area contributed by atoms with E-state index in [1.807, 2.05) is 0 Å². The minimum Gasteiger partial charge on any atom is -0.477 e. The smallest absolute Gasteiger partial charge is 0.341 e. The van der Waals surface area contributed by atoms with E-state index in [1.54, 1.807) is 9.47 Å². The molecule has 2 fully saturated rings. The molecule has 4 rings (SSSR count). The molecule has 148 valence electrons. The zero-order valence-electron chi connectivity index (χ0n) is 15.0. The Bertz CT molecular complexity index is 1060. The fraction of sp³-hybridized carbons (Fsp3) is 0.421. The highest BCUT2D eigenvalue weighted by Crippen LogP contribution is 2.42. The molecule has 2 heterocycles. The van der Waals surface area contributed by atoms with Gasteiger partial charge in [-0.1, -0.05) is 0 Å². The van der Waals surface area contributed by atoms with Crippen molar-refractivity contribution in [3.63, 3.8) is 0 Å². The lowest BCUT2D eigenvalue weighted by Crippen LogP contribution is -2.40. The van der Waals surface area contributed by atoms with Crippen molar-refractivity contribution in [2.24, 2.45) is 5.73 Å². The highest BCUT2D eigenvalue weighted by Gasteiger charge is 2.31. The summed E-state index contributed by atoms with van der Waals surface area (Å²) in [7, 11) is 0. The Morgan fingerprint density at radius 3 is 2.68 bits per heavy atom. The number of rotatable bonds is 3. The second kappa shape index (κ2) is 6.97. The number of carbonyl (C=O) groups excluding carboxylic acids is 1. The summed E-state index contributed by atoms with van der Waals surface area (Å²) in [6, 6.07) is 0.467. The lowest BCUT2D eigenvalue weighted by molar-refractivity contribution is -0.119. The van der Waals surface area contributed by atoms with Gasteiger partial charge >= 0.3 is 5.97 Å². The van der Waals surface area contributed by atoms with Gasteiger partial charge in [-0.2, -0.15) is 0 Å². The molecule has 7 nitrogen and oxygen atoms in total. The van der Waals surface area contributed by atoms with Gasteiger partial charge in [0, 0.05) is 31.7 Å². The summed E-state index contributed by atoms with van der Waals surface area (Å²) < 4.78 is 17.2. The van der Waals surface area contributed by atoms with Gasteiger partial charge in [-0.3, -0.25) is 9.59 Å². The van der Waals surface area contributed by atoms with E-state index in [9.17, 15) is 19.5 Å². The number of fused-ring (bicyclic) bond motifs is 1. The summed E-state index contributed by atoms with van der Waals surface area (Å²) in [4.78, 5) is 37.8. The molecule has 0 bridgehead atoms. The quantitative estimate of drug-likeness (QED) is 0.742. The number of anilines is 1. The fourth-order valence-electron chi connectivity index (χ4n) is 3.78. The Morgan fingerprint density at radius 2 is 2.04 bits per heavy atom. The minimum atomic E-state index is -1.33. The standard InChI is InChI=1S/C19H19BrFN3O4/c20-15-16-10(18(26)11(19(27)28)7-24(16)9-3-4-9)6-12(21)17(15)23-5-1-2-14(25)13(22)8-23/h6-7,9,13H,1-5,8,22H2,(H,27,28). The monoisotopic (exact) mass is 451 g/mol. The average molecular weight is 452 g/mol. The second-order valence-electron chi connectivity index (χ2n) is 7.36. The summed E-state index contributed by atoms with van der Waals surface area (Å²) in [6.07, 6.45) is 3.97. The molecule has 1 aromatic heterocycles. The Labute approximate surface area is 168 Å². The van der Waals surface area contributed by atoms with Crippen LogP contribution in [0.5, 0.6) is 0 Å². The van der Waals surface area contributed by atoms with Crippen molar-refractivity contribution in [3.8, 4) is 0 Å². The molecule has 1 aliphatic heterocycles. The van der Waals surface area contributed by atoms with Crippen molar-refractivity contribution >= 4 is 44.3 Å². The summed E-state index contributed by atoms with van der Waals surface area (Å²) in [5.41, 5.74) is 5.56. The molecule has 1 saturated carbocycles. The van der Waals surface area contributed by atoms with Crippen LogP contribution in [0.15, 0.2) is 21.5 Å². The van der Waals surface area contributed by atoms with E-state index in [2.05, 4.69) is 15.9 Å². The number of Topliss-reactive ketones (excluding diaryl/α,β-unsaturated/α-hetero) is 1. The molecular weight excluding hydrogens is 433 g/mol. The number of carbonyl (C=O) groups is 2. The van der Waals surface area contributed by atoms with Crippen molar-refractivity contribution in [2.75, 3.05) is 18.0 Å². The van der Waals surface area contributed by atoms with E-state index in [4.69, 9.17) is 5.73 Å². The first-order valence-electron chi connectivity index (χ1n) is 9.13. The first-order chi connectivity index (χ1) is 13.3. The molecule has 0 radical (unpaired) electrons. The number of hydrogen-bond acceptors (Lipinski definition) is 5. The predicted molar refractivity (Wildman–Crippen MR) is 106 cm³/mol. The largest absolute Gasteiger partial charge is 0.477 e. The average Bonchev–Trinajstić information content (AvgIpc) is 3.47. The number of aromatic carboxylic acids is 1. The lowest BCUT2D eigenvalue weighted by atomic mass is 10.1. The van der Waals surface area contributed by atoms with Crippen molar-refractivity contribution in [1.82, 2.24) is 4.57 Å². The maximum atomic E-state index is 15.1. The van der Waals surface area contributed by atoms with Crippen LogP contribution in [0, 0.1) is 5.82 Å². The van der Waals surface area contributed by atoms with Crippen LogP contribution in [0.4, 0.5) is 10.1 Å².